The Balaban J connectivity index is 1.59. The lowest BCUT2D eigenvalue weighted by molar-refractivity contribution is -0.139. The molecule has 1 aliphatic rings. The third kappa shape index (κ3) is 4.08. The van der Waals surface area contributed by atoms with Crippen LogP contribution in [-0.2, 0) is 4.79 Å². The van der Waals surface area contributed by atoms with Gasteiger partial charge in [0.05, 0.1) is 23.0 Å². The maximum Gasteiger partial charge on any atom is 0.339 e. The molecule has 0 spiro atoms. The van der Waals surface area contributed by atoms with Crippen LogP contribution in [0.5, 0.6) is 5.75 Å². The molecule has 0 saturated carbocycles. The number of carboxylic acid groups (broad SMARTS) is 1. The summed E-state index contributed by atoms with van der Waals surface area (Å²) in [5.41, 5.74) is 0.859. The Labute approximate surface area is 162 Å². The molecule has 1 unspecified atom stereocenters. The molecule has 1 atom stereocenters. The van der Waals surface area contributed by atoms with Gasteiger partial charge in [0, 0.05) is 13.1 Å². The van der Waals surface area contributed by atoms with Gasteiger partial charge in [0.1, 0.15) is 11.3 Å². The van der Waals surface area contributed by atoms with Crippen molar-refractivity contribution >= 4 is 23.5 Å². The SMILES string of the molecule is Cc1c(C(=O)O)cnn1C1CCN(C(=O)C(C)Oc2ccccc2Cl)CC1. The van der Waals surface area contributed by atoms with E-state index in [1.54, 1.807) is 41.6 Å². The quantitative estimate of drug-likeness (QED) is 0.846. The Bertz CT molecular complexity index is 843. The van der Waals surface area contributed by atoms with Gasteiger partial charge in [-0.25, -0.2) is 4.79 Å². The zero-order chi connectivity index (χ0) is 19.6. The van der Waals surface area contributed by atoms with Crippen molar-refractivity contribution in [2.45, 2.75) is 38.8 Å². The van der Waals surface area contributed by atoms with Crippen LogP contribution in [0.3, 0.4) is 0 Å². The minimum absolute atomic E-state index is 0.0851. The minimum atomic E-state index is -0.975. The van der Waals surface area contributed by atoms with Gasteiger partial charge in [-0.15, -0.1) is 0 Å². The molecule has 3 rings (SSSR count). The third-order valence-corrected chi connectivity index (χ3v) is 5.20. The van der Waals surface area contributed by atoms with E-state index in [-0.39, 0.29) is 17.5 Å². The minimum Gasteiger partial charge on any atom is -0.479 e. The zero-order valence-corrected chi connectivity index (χ0v) is 16.0. The first-order chi connectivity index (χ1) is 12.9. The number of carbonyl (C=O) groups excluding carboxylic acids is 1. The van der Waals surface area contributed by atoms with Gasteiger partial charge in [-0.3, -0.25) is 9.48 Å². The van der Waals surface area contributed by atoms with Crippen LogP contribution in [0.25, 0.3) is 0 Å². The fourth-order valence-corrected chi connectivity index (χ4v) is 3.55. The van der Waals surface area contributed by atoms with Crippen LogP contribution >= 0.6 is 11.6 Å². The number of aromatic nitrogens is 2. The lowest BCUT2D eigenvalue weighted by Crippen LogP contribution is -2.45. The van der Waals surface area contributed by atoms with E-state index in [0.29, 0.717) is 42.4 Å². The summed E-state index contributed by atoms with van der Waals surface area (Å²) in [6.45, 7) is 4.62. The van der Waals surface area contributed by atoms with E-state index >= 15 is 0 Å². The number of halogens is 1. The Morgan fingerprint density at radius 3 is 2.56 bits per heavy atom. The summed E-state index contributed by atoms with van der Waals surface area (Å²) in [4.78, 5) is 25.6. The van der Waals surface area contributed by atoms with Crippen molar-refractivity contribution in [3.63, 3.8) is 0 Å². The van der Waals surface area contributed by atoms with Gasteiger partial charge < -0.3 is 14.7 Å². The summed E-state index contributed by atoms with van der Waals surface area (Å²) in [6.07, 6.45) is 2.18. The second kappa shape index (κ2) is 8.00. The van der Waals surface area contributed by atoms with Gasteiger partial charge in [0.2, 0.25) is 0 Å². The number of para-hydroxylation sites is 1. The summed E-state index contributed by atoms with van der Waals surface area (Å²) in [5, 5.41) is 13.9. The highest BCUT2D eigenvalue weighted by molar-refractivity contribution is 6.32. The first-order valence-electron chi connectivity index (χ1n) is 8.86. The summed E-state index contributed by atoms with van der Waals surface area (Å²) < 4.78 is 7.47. The second-order valence-corrected chi connectivity index (χ2v) is 7.05. The summed E-state index contributed by atoms with van der Waals surface area (Å²) in [5.74, 6) is -0.572. The smallest absolute Gasteiger partial charge is 0.339 e. The highest BCUT2D eigenvalue weighted by Gasteiger charge is 2.29. The molecule has 2 heterocycles. The van der Waals surface area contributed by atoms with Crippen molar-refractivity contribution in [3.8, 4) is 5.75 Å². The molecule has 1 aromatic carbocycles. The highest BCUT2D eigenvalue weighted by atomic mass is 35.5. The fourth-order valence-electron chi connectivity index (χ4n) is 3.37. The molecule has 0 bridgehead atoms. The van der Waals surface area contributed by atoms with Gasteiger partial charge in [0.25, 0.3) is 5.91 Å². The predicted molar refractivity (Wildman–Crippen MR) is 100 cm³/mol. The lowest BCUT2D eigenvalue weighted by atomic mass is 10.0. The number of likely N-dealkylation sites (tertiary alicyclic amines) is 1. The van der Waals surface area contributed by atoms with E-state index in [1.165, 1.54) is 6.20 Å². The number of nitrogens with zero attached hydrogens (tertiary/aromatic N) is 3. The highest BCUT2D eigenvalue weighted by Crippen LogP contribution is 2.27. The van der Waals surface area contributed by atoms with E-state index in [2.05, 4.69) is 5.10 Å². The second-order valence-electron chi connectivity index (χ2n) is 6.64. The molecule has 1 saturated heterocycles. The van der Waals surface area contributed by atoms with Crippen LogP contribution in [0.1, 0.15) is 41.9 Å². The van der Waals surface area contributed by atoms with E-state index in [1.807, 2.05) is 6.07 Å². The fraction of sp³-hybridized carbons (Fsp3) is 0.421. The molecule has 8 heteroatoms. The van der Waals surface area contributed by atoms with Crippen LogP contribution in [-0.4, -0.2) is 50.9 Å². The number of amides is 1. The number of aromatic carboxylic acids is 1. The number of hydrogen-bond donors (Lipinski definition) is 1. The molecule has 0 aliphatic carbocycles. The first-order valence-corrected chi connectivity index (χ1v) is 9.23. The van der Waals surface area contributed by atoms with Gasteiger partial charge in [-0.2, -0.15) is 5.10 Å². The number of hydrogen-bond acceptors (Lipinski definition) is 4. The monoisotopic (exact) mass is 391 g/mol. The van der Waals surface area contributed by atoms with Gasteiger partial charge >= 0.3 is 5.97 Å². The van der Waals surface area contributed by atoms with Crippen molar-refractivity contribution in [1.29, 1.82) is 0 Å². The molecule has 1 N–H and O–H groups in total. The molecular formula is C19H22ClN3O4. The van der Waals surface area contributed by atoms with Crippen LogP contribution in [0.4, 0.5) is 0 Å². The normalized spacial score (nSPS) is 16.2. The molecule has 1 aromatic heterocycles. The Kier molecular flexibility index (Phi) is 5.70. The Hall–Kier alpha value is -2.54. The van der Waals surface area contributed by atoms with Gasteiger partial charge in [0.15, 0.2) is 6.10 Å². The van der Waals surface area contributed by atoms with Gasteiger partial charge in [-0.1, -0.05) is 23.7 Å². The van der Waals surface area contributed by atoms with Crippen molar-refractivity contribution in [2.24, 2.45) is 0 Å². The van der Waals surface area contributed by atoms with E-state index < -0.39 is 12.1 Å². The van der Waals surface area contributed by atoms with E-state index in [0.717, 1.165) is 0 Å². The molecule has 1 aliphatic heterocycles. The number of carbonyl (C=O) groups is 2. The zero-order valence-electron chi connectivity index (χ0n) is 15.3. The standard InChI is InChI=1S/C19H22ClN3O4/c1-12-15(19(25)26)11-21-23(12)14-7-9-22(10-8-14)18(24)13(2)27-17-6-4-3-5-16(17)20/h3-6,11,13-14H,7-10H2,1-2H3,(H,25,26). The maximum atomic E-state index is 12.7. The number of benzene rings is 1. The number of rotatable bonds is 5. The predicted octanol–water partition coefficient (Wildman–Crippen LogP) is 3.17. The average Bonchev–Trinajstić information content (AvgIpc) is 3.05. The number of piperidine rings is 1. The van der Waals surface area contributed by atoms with Crippen molar-refractivity contribution < 1.29 is 19.4 Å². The van der Waals surface area contributed by atoms with Crippen LogP contribution in [0.15, 0.2) is 30.5 Å². The van der Waals surface area contributed by atoms with Crippen LogP contribution in [0.2, 0.25) is 5.02 Å². The summed E-state index contributed by atoms with van der Waals surface area (Å²) in [7, 11) is 0. The van der Waals surface area contributed by atoms with Gasteiger partial charge in [-0.05, 0) is 38.8 Å². The topological polar surface area (TPSA) is 84.7 Å². The molecule has 1 amide bonds. The molecule has 144 valence electrons. The van der Waals surface area contributed by atoms with Crippen molar-refractivity contribution in [3.05, 3.63) is 46.7 Å². The maximum absolute atomic E-state index is 12.7. The Morgan fingerprint density at radius 2 is 1.96 bits per heavy atom. The average molecular weight is 392 g/mol. The molecule has 0 radical (unpaired) electrons. The lowest BCUT2D eigenvalue weighted by Gasteiger charge is -2.34. The molecule has 7 nitrogen and oxygen atoms in total. The molecular weight excluding hydrogens is 370 g/mol. The van der Waals surface area contributed by atoms with Crippen LogP contribution < -0.4 is 4.74 Å². The summed E-state index contributed by atoms with van der Waals surface area (Å²) >= 11 is 6.08. The van der Waals surface area contributed by atoms with Crippen LogP contribution in [0, 0.1) is 6.92 Å². The first kappa shape index (κ1) is 19.2. The molecule has 1 fully saturated rings. The summed E-state index contributed by atoms with van der Waals surface area (Å²) in [6, 6.07) is 7.15. The van der Waals surface area contributed by atoms with E-state index in [9.17, 15) is 9.59 Å². The number of carboxylic acids is 1. The van der Waals surface area contributed by atoms with Crippen molar-refractivity contribution in [2.75, 3.05) is 13.1 Å². The third-order valence-electron chi connectivity index (χ3n) is 4.89. The molecule has 27 heavy (non-hydrogen) atoms. The Morgan fingerprint density at radius 1 is 1.30 bits per heavy atom. The van der Waals surface area contributed by atoms with E-state index in [4.69, 9.17) is 21.4 Å². The molecule has 2 aromatic rings. The largest absolute Gasteiger partial charge is 0.479 e. The number of ether oxygens (including phenoxy) is 1. The van der Waals surface area contributed by atoms with Crippen molar-refractivity contribution in [1.82, 2.24) is 14.7 Å².